The Hall–Kier alpha value is -3.13. The molecular weight excluding hydrogens is 440 g/mol. The molecule has 0 radical (unpaired) electrons. The maximum atomic E-state index is 13.3. The molecule has 7 heteroatoms. The number of aromatic nitrogens is 1. The van der Waals surface area contributed by atoms with Crippen LogP contribution in [-0.2, 0) is 16.0 Å². The number of rotatable bonds is 2. The largest absolute Gasteiger partial charge is 0.375 e. The number of fused-ring (bicyclic) bond motifs is 13. The molecule has 5 heterocycles. The summed E-state index contributed by atoms with van der Waals surface area (Å²) >= 11 is 0. The van der Waals surface area contributed by atoms with Gasteiger partial charge < -0.3 is 29.6 Å². The molecule has 2 bridgehead atoms. The number of methoxy groups -OCH3 is 1. The number of carbonyl (C=O) groups is 1. The zero-order valence-electron chi connectivity index (χ0n) is 20.0. The van der Waals surface area contributed by atoms with Gasteiger partial charge in [-0.05, 0) is 31.2 Å². The molecule has 2 aromatic carbocycles. The van der Waals surface area contributed by atoms with Crippen LogP contribution in [0.3, 0.4) is 0 Å². The van der Waals surface area contributed by atoms with E-state index >= 15 is 0 Å². The van der Waals surface area contributed by atoms with Crippen molar-refractivity contribution in [1.82, 2.24) is 15.2 Å². The highest BCUT2D eigenvalue weighted by Gasteiger charge is 2.59. The van der Waals surface area contributed by atoms with E-state index in [-0.39, 0.29) is 36.2 Å². The van der Waals surface area contributed by atoms with Crippen molar-refractivity contribution < 1.29 is 14.3 Å². The van der Waals surface area contributed by atoms with Gasteiger partial charge >= 0.3 is 0 Å². The standard InChI is InChI=1S/C28H28N4O3/c1-28-26(34-3)17(29-2)12-20(35-28)31-18-10-6-4-8-14(18)22-23-16(13-30-27(23)33)21-15-9-5-7-11-19(15)32(28)25(21)24(22)31/h4-11,15,17,19-20,26,29H,12-13H2,1-3H3,(H,30,33)/t15?,17-,19?,20-,26-,28+/m0/s1. The van der Waals surface area contributed by atoms with Gasteiger partial charge in [-0.3, -0.25) is 4.79 Å². The normalized spacial score (nSPS) is 33.9. The van der Waals surface area contributed by atoms with E-state index in [0.29, 0.717) is 6.54 Å². The van der Waals surface area contributed by atoms with Gasteiger partial charge in [0, 0.05) is 42.8 Å². The Bertz CT molecular complexity index is 1520. The predicted octanol–water partition coefficient (Wildman–Crippen LogP) is 3.69. The van der Waals surface area contributed by atoms with Gasteiger partial charge in [-0.1, -0.05) is 42.5 Å². The topological polar surface area (TPSA) is 67.8 Å². The fourth-order valence-corrected chi connectivity index (χ4v) is 7.78. The molecule has 1 fully saturated rings. The summed E-state index contributed by atoms with van der Waals surface area (Å²) in [4.78, 5) is 15.8. The van der Waals surface area contributed by atoms with Crippen molar-refractivity contribution in [1.29, 1.82) is 0 Å². The van der Waals surface area contributed by atoms with Crippen molar-refractivity contribution in [2.45, 2.75) is 55.9 Å². The SMILES string of the molecule is CN[C@H]1C[C@@H]2O[C@](C)([C@H]1OC)N1c3c(c4c(c5c6ccccc6n2c35)C(=O)NC4)C2C=CC=CC21. The molecule has 0 spiro atoms. The second-order valence-corrected chi connectivity index (χ2v) is 10.5. The number of para-hydroxylation sites is 1. The molecule has 4 aliphatic heterocycles. The number of hydrogen-bond acceptors (Lipinski definition) is 5. The number of carbonyl (C=O) groups excluding carboxylic acids is 1. The van der Waals surface area contributed by atoms with Crippen LogP contribution in [0.2, 0.25) is 0 Å². The lowest BCUT2D eigenvalue weighted by Crippen LogP contribution is -2.67. The van der Waals surface area contributed by atoms with Crippen LogP contribution in [0, 0.1) is 0 Å². The van der Waals surface area contributed by atoms with E-state index in [0.717, 1.165) is 39.4 Å². The van der Waals surface area contributed by atoms with E-state index in [9.17, 15) is 4.79 Å². The number of ether oxygens (including phenoxy) is 2. The lowest BCUT2D eigenvalue weighted by atomic mass is 9.85. The second kappa shape index (κ2) is 6.55. The van der Waals surface area contributed by atoms with Crippen molar-refractivity contribution in [3.05, 3.63) is 65.3 Å². The van der Waals surface area contributed by atoms with E-state index in [1.165, 1.54) is 11.3 Å². The fraction of sp³-hybridized carbons (Fsp3) is 0.393. The molecule has 7 nitrogen and oxygen atoms in total. The summed E-state index contributed by atoms with van der Waals surface area (Å²) in [6, 6.07) is 8.65. The van der Waals surface area contributed by atoms with Gasteiger partial charge in [0.2, 0.25) is 0 Å². The summed E-state index contributed by atoms with van der Waals surface area (Å²) in [5.74, 6) is 0.176. The Morgan fingerprint density at radius 1 is 1.23 bits per heavy atom. The van der Waals surface area contributed by atoms with Crippen molar-refractivity contribution >= 4 is 33.4 Å². The Labute approximate surface area is 203 Å². The van der Waals surface area contributed by atoms with Crippen LogP contribution in [0.5, 0.6) is 0 Å². The van der Waals surface area contributed by atoms with E-state index in [4.69, 9.17) is 9.47 Å². The molecule has 2 unspecified atom stereocenters. The van der Waals surface area contributed by atoms with Crippen molar-refractivity contribution in [3.63, 3.8) is 0 Å². The van der Waals surface area contributed by atoms with Crippen molar-refractivity contribution in [2.24, 2.45) is 0 Å². The van der Waals surface area contributed by atoms with Gasteiger partial charge in [0.25, 0.3) is 5.91 Å². The zero-order chi connectivity index (χ0) is 23.6. The maximum absolute atomic E-state index is 13.3. The van der Waals surface area contributed by atoms with Gasteiger partial charge in [0.1, 0.15) is 12.3 Å². The number of likely N-dealkylation sites (N-methyl/N-ethyl adjacent to an activating group) is 1. The van der Waals surface area contributed by atoms with Gasteiger partial charge in [0.15, 0.2) is 5.72 Å². The monoisotopic (exact) mass is 468 g/mol. The average molecular weight is 469 g/mol. The quantitative estimate of drug-likeness (QED) is 0.601. The number of benzene rings is 2. The van der Waals surface area contributed by atoms with Crippen LogP contribution in [0.4, 0.5) is 5.69 Å². The number of nitrogens with one attached hydrogen (secondary N) is 2. The first-order valence-electron chi connectivity index (χ1n) is 12.5. The Balaban J connectivity index is 1.60. The van der Waals surface area contributed by atoms with Gasteiger partial charge in [-0.25, -0.2) is 0 Å². The number of nitrogens with zero attached hydrogens (tertiary/aromatic N) is 2. The Kier molecular flexibility index (Phi) is 3.76. The van der Waals surface area contributed by atoms with Gasteiger partial charge in [0.05, 0.1) is 28.3 Å². The van der Waals surface area contributed by atoms with Crippen LogP contribution in [0.1, 0.15) is 47.0 Å². The maximum Gasteiger partial charge on any atom is 0.252 e. The van der Waals surface area contributed by atoms with Gasteiger partial charge in [-0.2, -0.15) is 0 Å². The second-order valence-electron chi connectivity index (χ2n) is 10.5. The minimum Gasteiger partial charge on any atom is -0.375 e. The Morgan fingerprint density at radius 2 is 2.06 bits per heavy atom. The van der Waals surface area contributed by atoms with E-state index in [1.807, 2.05) is 7.05 Å². The predicted molar refractivity (Wildman–Crippen MR) is 135 cm³/mol. The molecule has 178 valence electrons. The third-order valence-corrected chi connectivity index (χ3v) is 9.01. The highest BCUT2D eigenvalue weighted by molar-refractivity contribution is 6.24. The molecule has 1 saturated heterocycles. The first-order chi connectivity index (χ1) is 17.1. The number of anilines is 1. The van der Waals surface area contributed by atoms with Crippen molar-refractivity contribution in [3.8, 4) is 0 Å². The Morgan fingerprint density at radius 3 is 2.89 bits per heavy atom. The van der Waals surface area contributed by atoms with Crippen LogP contribution in [-0.4, -0.2) is 48.5 Å². The summed E-state index contributed by atoms with van der Waals surface area (Å²) in [5, 5.41) is 8.84. The van der Waals surface area contributed by atoms with Gasteiger partial charge in [-0.15, -0.1) is 0 Å². The summed E-state index contributed by atoms with van der Waals surface area (Å²) in [7, 11) is 3.80. The van der Waals surface area contributed by atoms with E-state index in [1.54, 1.807) is 7.11 Å². The molecule has 8 rings (SSSR count). The summed E-state index contributed by atoms with van der Waals surface area (Å²) in [6.07, 6.45) is 9.24. The molecule has 1 aromatic heterocycles. The van der Waals surface area contributed by atoms with Crippen LogP contribution in [0.15, 0.2) is 48.6 Å². The number of hydrogen-bond donors (Lipinski definition) is 2. The summed E-state index contributed by atoms with van der Waals surface area (Å²) in [5.41, 5.74) is 5.96. The van der Waals surface area contributed by atoms with E-state index in [2.05, 4.69) is 75.6 Å². The minimum atomic E-state index is -0.702. The van der Waals surface area contributed by atoms with Crippen molar-refractivity contribution in [2.75, 3.05) is 19.1 Å². The molecule has 35 heavy (non-hydrogen) atoms. The first-order valence-corrected chi connectivity index (χ1v) is 12.5. The number of allylic oxidation sites excluding steroid dienone is 2. The minimum absolute atomic E-state index is 0.0262. The number of amides is 1. The molecule has 1 aliphatic carbocycles. The summed E-state index contributed by atoms with van der Waals surface area (Å²) < 4.78 is 15.7. The third kappa shape index (κ3) is 2.17. The molecule has 5 aliphatic rings. The fourth-order valence-electron chi connectivity index (χ4n) is 7.78. The smallest absolute Gasteiger partial charge is 0.252 e. The highest BCUT2D eigenvalue weighted by Crippen LogP contribution is 2.59. The lowest BCUT2D eigenvalue weighted by molar-refractivity contribution is -0.219. The average Bonchev–Trinajstić information content (AvgIpc) is 3.51. The lowest BCUT2D eigenvalue weighted by Gasteiger charge is -2.53. The molecule has 1 amide bonds. The van der Waals surface area contributed by atoms with E-state index < -0.39 is 5.72 Å². The highest BCUT2D eigenvalue weighted by atomic mass is 16.6. The van der Waals surface area contributed by atoms with Crippen LogP contribution in [0.25, 0.3) is 21.8 Å². The van der Waals surface area contributed by atoms with Crippen LogP contribution < -0.4 is 15.5 Å². The molecule has 0 saturated carbocycles. The molecule has 3 aromatic rings. The molecular formula is C28H28N4O3. The van der Waals surface area contributed by atoms with Crippen LogP contribution >= 0.6 is 0 Å². The first kappa shape index (κ1) is 20.1. The molecule has 6 atom stereocenters. The third-order valence-electron chi connectivity index (χ3n) is 9.01. The molecule has 2 N–H and O–H groups in total. The summed E-state index contributed by atoms with van der Waals surface area (Å²) in [6.45, 7) is 2.75. The zero-order valence-corrected chi connectivity index (χ0v) is 20.0.